The van der Waals surface area contributed by atoms with Crippen molar-refractivity contribution >= 4 is 12.0 Å². The van der Waals surface area contributed by atoms with Crippen LogP contribution in [0.4, 0.5) is 18.0 Å². The van der Waals surface area contributed by atoms with E-state index in [0.717, 1.165) is 12.1 Å². The van der Waals surface area contributed by atoms with Gasteiger partial charge in [0, 0.05) is 43.8 Å². The highest BCUT2D eigenvalue weighted by Crippen LogP contribution is 2.35. The summed E-state index contributed by atoms with van der Waals surface area (Å²) in [5, 5.41) is 23.3. The number of carbonyl (C=O) groups is 2. The number of halogens is 3. The number of carboxylic acid groups (broad SMARTS) is 1. The van der Waals surface area contributed by atoms with E-state index in [1.54, 1.807) is 6.92 Å². The van der Waals surface area contributed by atoms with E-state index in [2.05, 4.69) is 20.3 Å². The standard InChI is InChI=1S/C22H26F3N5O5/c1-13-26-10-16(19(28-13)15-6-8-30(9-7-15)20(32)33)21(34,11-27-14(2)31)12-35-18-5-3-4-17(29-18)22(23,24)25/h3-5,10,15,34H,6-9,11-12H2,1-2H3,(H,27,31)(H,32,33). The number of hydrogen-bond donors (Lipinski definition) is 3. The Hall–Kier alpha value is -3.48. The average Bonchev–Trinajstić information content (AvgIpc) is 2.81. The summed E-state index contributed by atoms with van der Waals surface area (Å²) in [7, 11) is 0. The van der Waals surface area contributed by atoms with Gasteiger partial charge >= 0.3 is 12.3 Å². The summed E-state index contributed by atoms with van der Waals surface area (Å²) in [4.78, 5) is 36.3. The molecule has 190 valence electrons. The molecule has 10 nitrogen and oxygen atoms in total. The van der Waals surface area contributed by atoms with E-state index < -0.39 is 36.1 Å². The van der Waals surface area contributed by atoms with Gasteiger partial charge < -0.3 is 25.2 Å². The summed E-state index contributed by atoms with van der Waals surface area (Å²) in [6.45, 7) is 2.59. The molecule has 0 radical (unpaired) electrons. The largest absolute Gasteiger partial charge is 0.474 e. The SMILES string of the molecule is CC(=O)NCC(O)(COc1cccc(C(F)(F)F)n1)c1cnc(C)nc1C1CCN(C(=O)O)CC1. The van der Waals surface area contributed by atoms with Gasteiger partial charge in [-0.25, -0.2) is 19.7 Å². The number of pyridine rings is 1. The molecule has 2 aromatic rings. The summed E-state index contributed by atoms with van der Waals surface area (Å²) in [5.74, 6) is -0.583. The van der Waals surface area contributed by atoms with Crippen LogP contribution in [0, 0.1) is 6.92 Å². The van der Waals surface area contributed by atoms with E-state index in [4.69, 9.17) is 4.74 Å². The van der Waals surface area contributed by atoms with Crippen LogP contribution < -0.4 is 10.1 Å². The number of carbonyl (C=O) groups excluding carboxylic acids is 1. The predicted octanol–water partition coefficient (Wildman–Crippen LogP) is 2.46. The molecule has 1 fully saturated rings. The van der Waals surface area contributed by atoms with Gasteiger partial charge in [-0.05, 0) is 25.8 Å². The lowest BCUT2D eigenvalue weighted by Gasteiger charge is -2.34. The Morgan fingerprint density at radius 2 is 1.91 bits per heavy atom. The first-order chi connectivity index (χ1) is 16.4. The average molecular weight is 497 g/mol. The second-order valence-corrected chi connectivity index (χ2v) is 8.35. The number of alkyl halides is 3. The van der Waals surface area contributed by atoms with Crippen molar-refractivity contribution in [2.24, 2.45) is 0 Å². The molecule has 3 N–H and O–H groups in total. The number of amides is 2. The van der Waals surface area contributed by atoms with Crippen LogP contribution >= 0.6 is 0 Å². The van der Waals surface area contributed by atoms with E-state index >= 15 is 0 Å². The highest BCUT2D eigenvalue weighted by Gasteiger charge is 2.38. The van der Waals surface area contributed by atoms with Gasteiger partial charge in [0.15, 0.2) is 0 Å². The topological polar surface area (TPSA) is 138 Å². The van der Waals surface area contributed by atoms with E-state index in [9.17, 15) is 33.0 Å². The van der Waals surface area contributed by atoms with Gasteiger partial charge in [-0.2, -0.15) is 13.2 Å². The molecule has 1 atom stereocenters. The molecule has 0 saturated carbocycles. The predicted molar refractivity (Wildman–Crippen MR) is 116 cm³/mol. The summed E-state index contributed by atoms with van der Waals surface area (Å²) in [5.41, 5.74) is -2.35. The maximum Gasteiger partial charge on any atom is 0.433 e. The molecule has 0 aliphatic carbocycles. The molecule has 3 heterocycles. The third kappa shape index (κ3) is 6.56. The summed E-state index contributed by atoms with van der Waals surface area (Å²) >= 11 is 0. The number of hydrogen-bond acceptors (Lipinski definition) is 7. The molecule has 3 rings (SSSR count). The molecule has 35 heavy (non-hydrogen) atoms. The van der Waals surface area contributed by atoms with E-state index in [0.29, 0.717) is 24.4 Å². The minimum Gasteiger partial charge on any atom is -0.474 e. The van der Waals surface area contributed by atoms with Crippen molar-refractivity contribution in [2.75, 3.05) is 26.2 Å². The second kappa shape index (κ2) is 10.4. The van der Waals surface area contributed by atoms with Gasteiger partial charge in [-0.15, -0.1) is 0 Å². The number of aryl methyl sites for hydroxylation is 1. The third-order valence-corrected chi connectivity index (χ3v) is 5.69. The highest BCUT2D eigenvalue weighted by molar-refractivity contribution is 5.73. The quantitative estimate of drug-likeness (QED) is 0.531. The van der Waals surface area contributed by atoms with Crippen LogP contribution in [0.5, 0.6) is 5.88 Å². The van der Waals surface area contributed by atoms with Crippen molar-refractivity contribution in [3.8, 4) is 5.88 Å². The minimum atomic E-state index is -4.67. The van der Waals surface area contributed by atoms with Crippen LogP contribution in [0.3, 0.4) is 0 Å². The Morgan fingerprint density at radius 3 is 2.51 bits per heavy atom. The molecule has 1 saturated heterocycles. The van der Waals surface area contributed by atoms with Crippen molar-refractivity contribution < 1.29 is 37.7 Å². The van der Waals surface area contributed by atoms with Gasteiger partial charge in [-0.1, -0.05) is 6.07 Å². The van der Waals surface area contributed by atoms with Crippen molar-refractivity contribution in [1.82, 2.24) is 25.2 Å². The zero-order valence-electron chi connectivity index (χ0n) is 19.2. The van der Waals surface area contributed by atoms with Gasteiger partial charge in [0.1, 0.15) is 23.7 Å². The molecule has 0 spiro atoms. The van der Waals surface area contributed by atoms with Crippen LogP contribution in [-0.2, 0) is 16.6 Å². The maximum atomic E-state index is 13.0. The molecule has 13 heteroatoms. The number of rotatable bonds is 7. The highest BCUT2D eigenvalue weighted by atomic mass is 19.4. The van der Waals surface area contributed by atoms with Crippen LogP contribution in [0.2, 0.25) is 0 Å². The fourth-order valence-electron chi connectivity index (χ4n) is 3.84. The molecular weight excluding hydrogens is 471 g/mol. The molecule has 1 unspecified atom stereocenters. The van der Waals surface area contributed by atoms with E-state index in [1.807, 2.05) is 0 Å². The van der Waals surface area contributed by atoms with Crippen molar-refractivity contribution in [3.63, 3.8) is 0 Å². The lowest BCUT2D eigenvalue weighted by molar-refractivity contribution is -0.141. The fourth-order valence-corrected chi connectivity index (χ4v) is 3.84. The summed E-state index contributed by atoms with van der Waals surface area (Å²) in [6, 6.07) is 3.16. The van der Waals surface area contributed by atoms with Crippen molar-refractivity contribution in [3.05, 3.63) is 47.2 Å². The number of aliphatic hydroxyl groups is 1. The lowest BCUT2D eigenvalue weighted by Crippen LogP contribution is -2.46. The Balaban J connectivity index is 1.92. The van der Waals surface area contributed by atoms with Crippen LogP contribution in [-0.4, -0.2) is 68.3 Å². The number of piperidine rings is 1. The molecule has 2 amide bonds. The zero-order valence-corrected chi connectivity index (χ0v) is 19.2. The fraction of sp³-hybridized carbons (Fsp3) is 0.500. The van der Waals surface area contributed by atoms with Crippen LogP contribution in [0.15, 0.2) is 24.4 Å². The Labute approximate surface area is 199 Å². The Morgan fingerprint density at radius 1 is 1.23 bits per heavy atom. The number of nitrogens with one attached hydrogen (secondary N) is 1. The van der Waals surface area contributed by atoms with Crippen LogP contribution in [0.25, 0.3) is 0 Å². The first-order valence-electron chi connectivity index (χ1n) is 10.8. The van der Waals surface area contributed by atoms with Crippen molar-refractivity contribution in [1.29, 1.82) is 0 Å². The molecule has 1 aliphatic rings. The Kier molecular flexibility index (Phi) is 7.78. The number of nitrogens with zero attached hydrogens (tertiary/aromatic N) is 4. The summed E-state index contributed by atoms with van der Waals surface area (Å²) < 4.78 is 44.5. The minimum absolute atomic E-state index is 0.210. The van der Waals surface area contributed by atoms with Crippen LogP contribution in [0.1, 0.15) is 48.5 Å². The van der Waals surface area contributed by atoms with Gasteiger partial charge in [-0.3, -0.25) is 4.79 Å². The second-order valence-electron chi connectivity index (χ2n) is 8.35. The Bertz CT molecular complexity index is 1080. The van der Waals surface area contributed by atoms with Gasteiger partial charge in [0.05, 0.1) is 12.2 Å². The van der Waals surface area contributed by atoms with Crippen molar-refractivity contribution in [2.45, 2.75) is 44.4 Å². The molecule has 1 aliphatic heterocycles. The number of aromatic nitrogens is 3. The first-order valence-corrected chi connectivity index (χ1v) is 10.8. The molecule has 0 aromatic carbocycles. The number of likely N-dealkylation sites (tertiary alicyclic amines) is 1. The maximum absolute atomic E-state index is 13.0. The van der Waals surface area contributed by atoms with Gasteiger partial charge in [0.25, 0.3) is 0 Å². The zero-order chi connectivity index (χ0) is 25.8. The lowest BCUT2D eigenvalue weighted by atomic mass is 9.85. The smallest absolute Gasteiger partial charge is 0.433 e. The third-order valence-electron chi connectivity index (χ3n) is 5.69. The molecule has 2 aromatic heterocycles. The molecule has 0 bridgehead atoms. The monoisotopic (exact) mass is 497 g/mol. The van der Waals surface area contributed by atoms with Gasteiger partial charge in [0.2, 0.25) is 11.8 Å². The molecular formula is C22H26F3N5O5. The number of ether oxygens (including phenoxy) is 1. The first kappa shape index (κ1) is 26.1. The van der Waals surface area contributed by atoms with E-state index in [1.165, 1.54) is 24.1 Å². The van der Waals surface area contributed by atoms with E-state index in [-0.39, 0.29) is 37.0 Å². The summed E-state index contributed by atoms with van der Waals surface area (Å²) in [6.07, 6.45) is -3.41. The normalized spacial score (nSPS) is 16.5.